The SMILES string of the molecule is N#CCN1CC[C@@H](CNc2ccccn2)C1. The maximum Gasteiger partial charge on any atom is 0.125 e. The highest BCUT2D eigenvalue weighted by molar-refractivity contribution is 5.33. The lowest BCUT2D eigenvalue weighted by Crippen LogP contribution is -2.23. The number of pyridine rings is 1. The summed E-state index contributed by atoms with van der Waals surface area (Å²) >= 11 is 0. The Morgan fingerprint density at radius 3 is 3.25 bits per heavy atom. The lowest BCUT2D eigenvalue weighted by atomic mass is 10.1. The van der Waals surface area contributed by atoms with Gasteiger partial charge in [-0.1, -0.05) is 6.07 Å². The van der Waals surface area contributed by atoms with E-state index in [9.17, 15) is 0 Å². The quantitative estimate of drug-likeness (QED) is 0.772. The van der Waals surface area contributed by atoms with Crippen LogP contribution in [-0.4, -0.2) is 36.1 Å². The van der Waals surface area contributed by atoms with Crippen LogP contribution in [0, 0.1) is 17.2 Å². The summed E-state index contributed by atoms with van der Waals surface area (Å²) in [6.07, 6.45) is 2.96. The number of anilines is 1. The number of hydrogen-bond donors (Lipinski definition) is 1. The molecule has 1 aromatic heterocycles. The predicted molar refractivity (Wildman–Crippen MR) is 62.9 cm³/mol. The topological polar surface area (TPSA) is 52.0 Å². The van der Waals surface area contributed by atoms with Crippen molar-refractivity contribution >= 4 is 5.82 Å². The van der Waals surface area contributed by atoms with Crippen molar-refractivity contribution in [1.29, 1.82) is 5.26 Å². The Bertz CT molecular complexity index is 357. The molecule has 1 aliphatic heterocycles. The third-order valence-corrected chi connectivity index (χ3v) is 2.90. The summed E-state index contributed by atoms with van der Waals surface area (Å²) in [5.74, 6) is 1.57. The van der Waals surface area contributed by atoms with Crippen LogP contribution in [0.3, 0.4) is 0 Å². The second-order valence-corrected chi connectivity index (χ2v) is 4.14. The average molecular weight is 216 g/mol. The number of likely N-dealkylation sites (tertiary alicyclic amines) is 1. The first-order valence-corrected chi connectivity index (χ1v) is 5.62. The smallest absolute Gasteiger partial charge is 0.125 e. The van der Waals surface area contributed by atoms with Crippen LogP contribution in [0.5, 0.6) is 0 Å². The molecule has 1 aliphatic rings. The van der Waals surface area contributed by atoms with E-state index in [1.807, 2.05) is 18.2 Å². The van der Waals surface area contributed by atoms with Gasteiger partial charge in [-0.15, -0.1) is 0 Å². The van der Waals surface area contributed by atoms with E-state index in [4.69, 9.17) is 5.26 Å². The lowest BCUT2D eigenvalue weighted by molar-refractivity contribution is 0.365. The van der Waals surface area contributed by atoms with Crippen LogP contribution in [0.2, 0.25) is 0 Å². The molecule has 0 bridgehead atoms. The molecule has 2 rings (SSSR count). The summed E-state index contributed by atoms with van der Waals surface area (Å²) in [6, 6.07) is 8.06. The molecular weight excluding hydrogens is 200 g/mol. The van der Waals surface area contributed by atoms with Gasteiger partial charge in [-0.05, 0) is 31.0 Å². The molecule has 16 heavy (non-hydrogen) atoms. The molecule has 0 spiro atoms. The second-order valence-electron chi connectivity index (χ2n) is 4.14. The molecule has 0 amide bonds. The molecule has 1 saturated heterocycles. The Kier molecular flexibility index (Phi) is 3.73. The maximum absolute atomic E-state index is 8.60. The third-order valence-electron chi connectivity index (χ3n) is 2.90. The van der Waals surface area contributed by atoms with Gasteiger partial charge < -0.3 is 5.32 Å². The zero-order chi connectivity index (χ0) is 11.2. The summed E-state index contributed by atoms with van der Waals surface area (Å²) < 4.78 is 0. The van der Waals surface area contributed by atoms with E-state index in [1.54, 1.807) is 6.20 Å². The van der Waals surface area contributed by atoms with Gasteiger partial charge in [0.25, 0.3) is 0 Å². The van der Waals surface area contributed by atoms with E-state index in [-0.39, 0.29) is 0 Å². The molecular formula is C12H16N4. The fourth-order valence-electron chi connectivity index (χ4n) is 2.04. The standard InChI is InChI=1S/C12H16N4/c13-5-8-16-7-4-11(10-16)9-15-12-3-1-2-6-14-12/h1-3,6,11H,4,7-10H2,(H,14,15)/t11-/m0/s1. The van der Waals surface area contributed by atoms with Crippen molar-refractivity contribution in [3.8, 4) is 6.07 Å². The molecule has 0 aliphatic carbocycles. The van der Waals surface area contributed by atoms with Gasteiger partial charge in [-0.2, -0.15) is 5.26 Å². The Hall–Kier alpha value is -1.60. The number of nitriles is 1. The van der Waals surface area contributed by atoms with Gasteiger partial charge in [-0.3, -0.25) is 4.90 Å². The summed E-state index contributed by atoms with van der Waals surface area (Å²) in [5.41, 5.74) is 0. The summed E-state index contributed by atoms with van der Waals surface area (Å²) in [5, 5.41) is 11.9. The monoisotopic (exact) mass is 216 g/mol. The summed E-state index contributed by atoms with van der Waals surface area (Å²) in [4.78, 5) is 6.42. The number of nitrogens with zero attached hydrogens (tertiary/aromatic N) is 3. The predicted octanol–water partition coefficient (Wildman–Crippen LogP) is 1.34. The van der Waals surface area contributed by atoms with Crippen molar-refractivity contribution in [1.82, 2.24) is 9.88 Å². The van der Waals surface area contributed by atoms with Gasteiger partial charge in [0.15, 0.2) is 0 Å². The Labute approximate surface area is 95.9 Å². The zero-order valence-electron chi connectivity index (χ0n) is 9.26. The third kappa shape index (κ3) is 2.94. The van der Waals surface area contributed by atoms with E-state index >= 15 is 0 Å². The van der Waals surface area contributed by atoms with Crippen LogP contribution in [0.4, 0.5) is 5.82 Å². The minimum absolute atomic E-state index is 0.556. The fraction of sp³-hybridized carbons (Fsp3) is 0.500. The Morgan fingerprint density at radius 1 is 1.56 bits per heavy atom. The van der Waals surface area contributed by atoms with Crippen molar-refractivity contribution < 1.29 is 0 Å². The molecule has 0 radical (unpaired) electrons. The van der Waals surface area contributed by atoms with Gasteiger partial charge >= 0.3 is 0 Å². The van der Waals surface area contributed by atoms with Crippen molar-refractivity contribution in [3.63, 3.8) is 0 Å². The normalized spacial score (nSPS) is 20.6. The van der Waals surface area contributed by atoms with Crippen LogP contribution in [0.15, 0.2) is 24.4 Å². The molecule has 0 saturated carbocycles. The van der Waals surface area contributed by atoms with E-state index in [0.717, 1.165) is 25.5 Å². The van der Waals surface area contributed by atoms with Crippen molar-refractivity contribution in [2.45, 2.75) is 6.42 Å². The molecule has 2 heterocycles. The van der Waals surface area contributed by atoms with Gasteiger partial charge in [0.2, 0.25) is 0 Å². The molecule has 1 N–H and O–H groups in total. The largest absolute Gasteiger partial charge is 0.370 e. The van der Waals surface area contributed by atoms with Gasteiger partial charge in [0.1, 0.15) is 5.82 Å². The first-order chi connectivity index (χ1) is 7.88. The number of hydrogen-bond acceptors (Lipinski definition) is 4. The van der Waals surface area contributed by atoms with Crippen LogP contribution in [0.1, 0.15) is 6.42 Å². The van der Waals surface area contributed by atoms with Crippen LogP contribution in [0.25, 0.3) is 0 Å². The minimum Gasteiger partial charge on any atom is -0.370 e. The molecule has 0 aromatic carbocycles. The van der Waals surface area contributed by atoms with Crippen LogP contribution in [-0.2, 0) is 0 Å². The van der Waals surface area contributed by atoms with E-state index in [2.05, 4.69) is 21.3 Å². The highest BCUT2D eigenvalue weighted by Crippen LogP contribution is 2.16. The number of rotatable bonds is 4. The van der Waals surface area contributed by atoms with E-state index in [0.29, 0.717) is 12.5 Å². The maximum atomic E-state index is 8.60. The summed E-state index contributed by atoms with van der Waals surface area (Å²) in [6.45, 7) is 3.56. The molecule has 1 atom stereocenters. The highest BCUT2D eigenvalue weighted by atomic mass is 15.1. The number of nitrogens with one attached hydrogen (secondary N) is 1. The first-order valence-electron chi connectivity index (χ1n) is 5.62. The molecule has 4 heteroatoms. The summed E-state index contributed by atoms with van der Waals surface area (Å²) in [7, 11) is 0. The van der Waals surface area contributed by atoms with Crippen LogP contribution < -0.4 is 5.32 Å². The molecule has 1 aromatic rings. The molecule has 0 unspecified atom stereocenters. The van der Waals surface area contributed by atoms with Crippen molar-refractivity contribution in [3.05, 3.63) is 24.4 Å². The Balaban J connectivity index is 1.74. The minimum atomic E-state index is 0.556. The van der Waals surface area contributed by atoms with Gasteiger partial charge in [-0.25, -0.2) is 4.98 Å². The van der Waals surface area contributed by atoms with Gasteiger partial charge in [0, 0.05) is 19.3 Å². The van der Waals surface area contributed by atoms with Crippen molar-refractivity contribution in [2.75, 3.05) is 31.5 Å². The second kappa shape index (κ2) is 5.47. The van der Waals surface area contributed by atoms with Crippen molar-refractivity contribution in [2.24, 2.45) is 5.92 Å². The number of aromatic nitrogens is 1. The lowest BCUT2D eigenvalue weighted by Gasteiger charge is -2.12. The van der Waals surface area contributed by atoms with E-state index in [1.165, 1.54) is 6.42 Å². The molecule has 4 nitrogen and oxygen atoms in total. The fourth-order valence-corrected chi connectivity index (χ4v) is 2.04. The molecule has 1 fully saturated rings. The molecule has 84 valence electrons. The van der Waals surface area contributed by atoms with Gasteiger partial charge in [0.05, 0.1) is 12.6 Å². The van der Waals surface area contributed by atoms with Crippen LogP contribution >= 0.6 is 0 Å². The van der Waals surface area contributed by atoms with E-state index < -0.39 is 0 Å². The highest BCUT2D eigenvalue weighted by Gasteiger charge is 2.21. The first kappa shape index (κ1) is 10.9. The zero-order valence-corrected chi connectivity index (χ0v) is 9.26. The Morgan fingerprint density at radius 2 is 2.50 bits per heavy atom. The average Bonchev–Trinajstić information content (AvgIpc) is 2.76.